The van der Waals surface area contributed by atoms with Crippen LogP contribution in [0, 0.1) is 5.92 Å². The van der Waals surface area contributed by atoms with Crippen LogP contribution in [0.15, 0.2) is 35.1 Å². The molecule has 0 spiro atoms. The lowest BCUT2D eigenvalue weighted by atomic mass is 9.84. The third-order valence-corrected chi connectivity index (χ3v) is 4.03. The smallest absolute Gasteiger partial charge is 0.247 e. The maximum Gasteiger partial charge on any atom is 0.247 e. The average molecular weight is 272 g/mol. The lowest BCUT2D eigenvalue weighted by Gasteiger charge is -2.32. The Kier molecular flexibility index (Phi) is 3.97. The van der Waals surface area contributed by atoms with E-state index in [1.165, 1.54) is 32.1 Å². The minimum Gasteiger partial charge on any atom is -0.423 e. The molecule has 0 aliphatic heterocycles. The molecule has 2 aromatic rings. The van der Waals surface area contributed by atoms with Crippen molar-refractivity contribution in [1.82, 2.24) is 10.2 Å². The topological polar surface area (TPSA) is 77.0 Å². The number of nitrogens with zero attached hydrogens (tertiary/aromatic N) is 2. The van der Waals surface area contributed by atoms with Gasteiger partial charge in [-0.15, -0.1) is 10.2 Å². The number of rotatable bonds is 4. The first kappa shape index (κ1) is 13.1. The quantitative estimate of drug-likeness (QED) is 0.894. The largest absolute Gasteiger partial charge is 0.423 e. The van der Waals surface area contributed by atoms with E-state index in [-0.39, 0.29) is 0 Å². The van der Waals surface area contributed by atoms with E-state index >= 15 is 0 Å². The zero-order valence-corrected chi connectivity index (χ0v) is 11.5. The predicted molar refractivity (Wildman–Crippen MR) is 78.2 cm³/mol. The molecular formula is C15H20N4O. The van der Waals surface area contributed by atoms with Crippen molar-refractivity contribution in [3.63, 3.8) is 0 Å². The summed E-state index contributed by atoms with van der Waals surface area (Å²) in [5.41, 5.74) is 7.91. The van der Waals surface area contributed by atoms with Crippen molar-refractivity contribution in [3.05, 3.63) is 30.7 Å². The second-order valence-electron chi connectivity index (χ2n) is 5.36. The number of hydrogen-bond donors (Lipinski definition) is 2. The Bertz CT molecular complexity index is 541. The molecule has 2 atom stereocenters. The summed E-state index contributed by atoms with van der Waals surface area (Å²) in [7, 11) is 0. The molecule has 0 amide bonds. The van der Waals surface area contributed by atoms with Crippen molar-refractivity contribution in [1.29, 1.82) is 0 Å². The highest BCUT2D eigenvalue weighted by atomic mass is 16.4. The average Bonchev–Trinajstić information content (AvgIpc) is 3.02. The van der Waals surface area contributed by atoms with E-state index in [1.54, 1.807) is 0 Å². The minimum atomic E-state index is 0.465. The summed E-state index contributed by atoms with van der Waals surface area (Å²) in [6.07, 6.45) is 6.32. The van der Waals surface area contributed by atoms with E-state index < -0.39 is 0 Å². The molecule has 1 aliphatic rings. The molecule has 5 nitrogen and oxygen atoms in total. The lowest BCUT2D eigenvalue weighted by molar-refractivity contribution is 0.332. The van der Waals surface area contributed by atoms with Crippen LogP contribution in [0.25, 0.3) is 11.5 Å². The fraction of sp³-hybridized carbons (Fsp3) is 0.467. The van der Waals surface area contributed by atoms with Crippen molar-refractivity contribution < 1.29 is 4.42 Å². The first-order valence-electron chi connectivity index (χ1n) is 7.20. The van der Waals surface area contributed by atoms with E-state index in [9.17, 15) is 0 Å². The van der Waals surface area contributed by atoms with Gasteiger partial charge in [-0.3, -0.25) is 0 Å². The van der Waals surface area contributed by atoms with Gasteiger partial charge in [0.1, 0.15) is 0 Å². The Morgan fingerprint density at radius 2 is 2.20 bits per heavy atom. The third-order valence-electron chi connectivity index (χ3n) is 4.03. The van der Waals surface area contributed by atoms with E-state index in [4.69, 9.17) is 10.2 Å². The van der Waals surface area contributed by atoms with Crippen molar-refractivity contribution >= 4 is 5.69 Å². The van der Waals surface area contributed by atoms with Gasteiger partial charge in [-0.2, -0.15) is 0 Å². The first-order chi connectivity index (χ1) is 9.86. The number of anilines is 1. The van der Waals surface area contributed by atoms with Crippen LogP contribution in [0.3, 0.4) is 0 Å². The van der Waals surface area contributed by atoms with E-state index in [2.05, 4.69) is 27.6 Å². The van der Waals surface area contributed by atoms with Crippen LogP contribution >= 0.6 is 0 Å². The molecule has 1 aromatic carbocycles. The summed E-state index contributed by atoms with van der Waals surface area (Å²) in [6.45, 7) is 0.751. The standard InChI is InChI=1S/C15H20N4O/c16-9-12-4-1-2-7-14(12)18-13-6-3-5-11(8-13)15-19-17-10-20-15/h3,5-6,8,10,12,14,18H,1-2,4,7,9,16H2. The minimum absolute atomic E-state index is 0.465. The molecule has 1 aliphatic carbocycles. The highest BCUT2D eigenvalue weighted by Gasteiger charge is 2.23. The molecule has 2 unspecified atom stereocenters. The Labute approximate surface area is 118 Å². The Hall–Kier alpha value is -1.88. The summed E-state index contributed by atoms with van der Waals surface area (Å²) in [4.78, 5) is 0. The fourth-order valence-electron chi connectivity index (χ4n) is 2.93. The van der Waals surface area contributed by atoms with Crippen LogP contribution in [0.4, 0.5) is 5.69 Å². The van der Waals surface area contributed by atoms with Crippen LogP contribution in [0.1, 0.15) is 25.7 Å². The summed E-state index contributed by atoms with van der Waals surface area (Å²) in [5.74, 6) is 1.11. The fourth-order valence-corrected chi connectivity index (χ4v) is 2.93. The van der Waals surface area contributed by atoms with Crippen LogP contribution in [-0.2, 0) is 0 Å². The second-order valence-corrected chi connectivity index (χ2v) is 5.36. The van der Waals surface area contributed by atoms with Crippen molar-refractivity contribution in [2.24, 2.45) is 11.7 Å². The molecule has 5 heteroatoms. The summed E-state index contributed by atoms with van der Waals surface area (Å²) >= 11 is 0. The summed E-state index contributed by atoms with van der Waals surface area (Å²) < 4.78 is 5.24. The Balaban J connectivity index is 1.75. The molecule has 1 saturated carbocycles. The first-order valence-corrected chi connectivity index (χ1v) is 7.20. The monoisotopic (exact) mass is 272 g/mol. The molecule has 0 radical (unpaired) electrons. The van der Waals surface area contributed by atoms with E-state index in [0.717, 1.165) is 17.8 Å². The van der Waals surface area contributed by atoms with Gasteiger partial charge in [0.15, 0.2) is 0 Å². The normalized spacial score (nSPS) is 22.6. The van der Waals surface area contributed by atoms with Gasteiger partial charge >= 0.3 is 0 Å². The summed E-state index contributed by atoms with van der Waals surface area (Å²) in [6, 6.07) is 8.56. The van der Waals surface area contributed by atoms with Gasteiger partial charge in [-0.05, 0) is 43.5 Å². The molecule has 20 heavy (non-hydrogen) atoms. The maximum absolute atomic E-state index is 5.88. The van der Waals surface area contributed by atoms with Gasteiger partial charge in [0.05, 0.1) is 0 Å². The Morgan fingerprint density at radius 1 is 1.30 bits per heavy atom. The van der Waals surface area contributed by atoms with Gasteiger partial charge < -0.3 is 15.5 Å². The van der Waals surface area contributed by atoms with Crippen molar-refractivity contribution in [3.8, 4) is 11.5 Å². The molecule has 1 heterocycles. The SMILES string of the molecule is NCC1CCCCC1Nc1cccc(-c2nnco2)c1. The van der Waals surface area contributed by atoms with E-state index in [0.29, 0.717) is 17.9 Å². The highest BCUT2D eigenvalue weighted by molar-refractivity contribution is 5.61. The van der Waals surface area contributed by atoms with Crippen LogP contribution in [0.5, 0.6) is 0 Å². The molecular weight excluding hydrogens is 252 g/mol. The molecule has 0 saturated heterocycles. The summed E-state index contributed by atoms with van der Waals surface area (Å²) in [5, 5.41) is 11.3. The molecule has 1 fully saturated rings. The van der Waals surface area contributed by atoms with Gasteiger partial charge in [0, 0.05) is 17.3 Å². The molecule has 3 rings (SSSR count). The third kappa shape index (κ3) is 2.82. The number of aromatic nitrogens is 2. The predicted octanol–water partition coefficient (Wildman–Crippen LogP) is 2.67. The van der Waals surface area contributed by atoms with Crippen LogP contribution in [-0.4, -0.2) is 22.8 Å². The number of hydrogen-bond acceptors (Lipinski definition) is 5. The van der Waals surface area contributed by atoms with Gasteiger partial charge in [-0.25, -0.2) is 0 Å². The van der Waals surface area contributed by atoms with Crippen LogP contribution < -0.4 is 11.1 Å². The number of nitrogens with two attached hydrogens (primary N) is 1. The Morgan fingerprint density at radius 3 is 3.00 bits per heavy atom. The number of nitrogens with one attached hydrogen (secondary N) is 1. The van der Waals surface area contributed by atoms with Gasteiger partial charge in [0.25, 0.3) is 0 Å². The molecule has 0 bridgehead atoms. The number of benzene rings is 1. The maximum atomic E-state index is 5.88. The van der Waals surface area contributed by atoms with Gasteiger partial charge in [-0.1, -0.05) is 18.9 Å². The molecule has 1 aromatic heterocycles. The molecule has 106 valence electrons. The second kappa shape index (κ2) is 6.05. The zero-order valence-electron chi connectivity index (χ0n) is 11.5. The lowest BCUT2D eigenvalue weighted by Crippen LogP contribution is -2.36. The van der Waals surface area contributed by atoms with E-state index in [1.807, 2.05) is 12.1 Å². The van der Waals surface area contributed by atoms with Crippen molar-refractivity contribution in [2.75, 3.05) is 11.9 Å². The van der Waals surface area contributed by atoms with Crippen molar-refractivity contribution in [2.45, 2.75) is 31.7 Å². The molecule has 3 N–H and O–H groups in total. The highest BCUT2D eigenvalue weighted by Crippen LogP contribution is 2.28. The van der Waals surface area contributed by atoms with Crippen LogP contribution in [0.2, 0.25) is 0 Å². The van der Waals surface area contributed by atoms with Gasteiger partial charge in [0.2, 0.25) is 12.3 Å². The zero-order chi connectivity index (χ0) is 13.8.